The molecule has 3 heterocycles. The molecule has 0 unspecified atom stereocenters. The number of likely N-dealkylation sites (tertiary alicyclic amines) is 2. The molecule has 0 saturated carbocycles. The number of aliphatic hydroxyl groups excluding tert-OH is 1. The first-order chi connectivity index (χ1) is 12.4. The second kappa shape index (κ2) is 7.06. The molecule has 0 aliphatic carbocycles. The molecule has 2 aliphatic rings. The highest BCUT2D eigenvalue weighted by atomic mass is 16.3. The average molecular weight is 364 g/mol. The van der Waals surface area contributed by atoms with Crippen LogP contribution in [0.15, 0.2) is 15.8 Å². The maximum Gasteiger partial charge on any atom is 0.328 e. The molecule has 9 nitrogen and oxygen atoms in total. The van der Waals surface area contributed by atoms with Crippen LogP contribution in [0.3, 0.4) is 0 Å². The summed E-state index contributed by atoms with van der Waals surface area (Å²) < 4.78 is 1.19. The summed E-state index contributed by atoms with van der Waals surface area (Å²) in [4.78, 5) is 54.2. The Morgan fingerprint density at radius 2 is 2.04 bits per heavy atom. The van der Waals surface area contributed by atoms with E-state index < -0.39 is 16.7 Å². The fourth-order valence-electron chi connectivity index (χ4n) is 3.93. The summed E-state index contributed by atoms with van der Waals surface area (Å²) in [6, 6.07) is 0. The zero-order valence-electron chi connectivity index (χ0n) is 14.9. The average Bonchev–Trinajstić information content (AvgIpc) is 3.02. The number of nitrogens with one attached hydrogen (secondary N) is 1. The maximum atomic E-state index is 12.8. The molecule has 1 aromatic heterocycles. The molecular weight excluding hydrogens is 340 g/mol. The quantitative estimate of drug-likeness (QED) is 0.687. The first kappa shape index (κ1) is 18.4. The number of carbonyl (C=O) groups is 2. The van der Waals surface area contributed by atoms with E-state index in [9.17, 15) is 19.2 Å². The number of piperidine rings is 1. The lowest BCUT2D eigenvalue weighted by atomic mass is 9.78. The van der Waals surface area contributed by atoms with Gasteiger partial charge in [0.2, 0.25) is 11.8 Å². The monoisotopic (exact) mass is 364 g/mol. The topological polar surface area (TPSA) is 116 Å². The lowest BCUT2D eigenvalue weighted by molar-refractivity contribution is -0.146. The molecule has 0 radical (unpaired) electrons. The Bertz CT molecular complexity index is 827. The number of β-amino-alcohol motifs (C(OH)–C–C–N with tert-alkyl or cyclic N) is 1. The lowest BCUT2D eigenvalue weighted by Crippen LogP contribution is -2.51. The molecule has 1 spiro atoms. The van der Waals surface area contributed by atoms with E-state index in [-0.39, 0.29) is 25.0 Å². The van der Waals surface area contributed by atoms with Gasteiger partial charge < -0.3 is 14.9 Å². The number of hydrogen-bond donors (Lipinski definition) is 2. The van der Waals surface area contributed by atoms with Crippen molar-refractivity contribution < 1.29 is 14.7 Å². The minimum Gasteiger partial charge on any atom is -0.395 e. The molecule has 1 aromatic rings. The van der Waals surface area contributed by atoms with Gasteiger partial charge in [-0.25, -0.2) is 4.79 Å². The number of aromatic nitrogens is 2. The standard InChI is InChI=1S/C17H24N4O5/c1-12-9-21(16(26)18-14(12)24)10-13(23)20-6-4-17(11-20)3-2-5-19(7-8-22)15(17)25/h9,22H,2-8,10-11H2,1H3,(H,18,24,26)/t17-/m0/s1. The first-order valence-electron chi connectivity index (χ1n) is 8.85. The van der Waals surface area contributed by atoms with Crippen molar-refractivity contribution >= 4 is 11.8 Å². The number of carbonyl (C=O) groups excluding carboxylic acids is 2. The summed E-state index contributed by atoms with van der Waals surface area (Å²) in [6.07, 6.45) is 3.56. The van der Waals surface area contributed by atoms with Gasteiger partial charge in [0.05, 0.1) is 12.0 Å². The second-order valence-corrected chi connectivity index (χ2v) is 7.16. The Morgan fingerprint density at radius 1 is 1.27 bits per heavy atom. The third-order valence-corrected chi connectivity index (χ3v) is 5.40. The van der Waals surface area contributed by atoms with Crippen LogP contribution in [0.5, 0.6) is 0 Å². The summed E-state index contributed by atoms with van der Waals surface area (Å²) in [5.41, 5.74) is -1.30. The van der Waals surface area contributed by atoms with Crippen LogP contribution in [0.1, 0.15) is 24.8 Å². The largest absolute Gasteiger partial charge is 0.395 e. The predicted octanol–water partition coefficient (Wildman–Crippen LogP) is -1.32. The fourth-order valence-corrected chi connectivity index (χ4v) is 3.93. The van der Waals surface area contributed by atoms with Gasteiger partial charge in [-0.1, -0.05) is 0 Å². The van der Waals surface area contributed by atoms with E-state index >= 15 is 0 Å². The summed E-state index contributed by atoms with van der Waals surface area (Å²) in [6.45, 7) is 3.10. The highest BCUT2D eigenvalue weighted by Crippen LogP contribution is 2.40. The molecule has 1 atom stereocenters. The van der Waals surface area contributed by atoms with Crippen LogP contribution < -0.4 is 11.2 Å². The Labute approximate surface area is 150 Å². The highest BCUT2D eigenvalue weighted by molar-refractivity contribution is 5.86. The third-order valence-electron chi connectivity index (χ3n) is 5.40. The molecule has 2 N–H and O–H groups in total. The molecule has 2 saturated heterocycles. The molecule has 0 bridgehead atoms. The first-order valence-corrected chi connectivity index (χ1v) is 8.85. The number of aryl methyl sites for hydroxylation is 1. The Kier molecular flexibility index (Phi) is 4.99. The number of nitrogens with zero attached hydrogens (tertiary/aromatic N) is 3. The van der Waals surface area contributed by atoms with Gasteiger partial charge in [0, 0.05) is 37.9 Å². The van der Waals surface area contributed by atoms with Gasteiger partial charge in [0.1, 0.15) is 6.54 Å². The van der Waals surface area contributed by atoms with Crippen LogP contribution in [0, 0.1) is 12.3 Å². The van der Waals surface area contributed by atoms with Crippen molar-refractivity contribution in [3.63, 3.8) is 0 Å². The number of hydrogen-bond acceptors (Lipinski definition) is 5. The molecule has 2 fully saturated rings. The normalized spacial score (nSPS) is 23.1. The van der Waals surface area contributed by atoms with E-state index in [2.05, 4.69) is 4.98 Å². The molecule has 142 valence electrons. The van der Waals surface area contributed by atoms with Crippen LogP contribution >= 0.6 is 0 Å². The summed E-state index contributed by atoms with van der Waals surface area (Å²) in [7, 11) is 0. The van der Waals surface area contributed by atoms with Crippen LogP contribution in [0.2, 0.25) is 0 Å². The molecular formula is C17H24N4O5. The predicted molar refractivity (Wildman–Crippen MR) is 92.6 cm³/mol. The summed E-state index contributed by atoms with van der Waals surface area (Å²) >= 11 is 0. The molecule has 2 aliphatic heterocycles. The van der Waals surface area contributed by atoms with Crippen molar-refractivity contribution in [2.24, 2.45) is 5.41 Å². The van der Waals surface area contributed by atoms with E-state index in [0.29, 0.717) is 38.2 Å². The molecule has 9 heteroatoms. The Morgan fingerprint density at radius 3 is 2.77 bits per heavy atom. The smallest absolute Gasteiger partial charge is 0.328 e. The second-order valence-electron chi connectivity index (χ2n) is 7.16. The number of rotatable bonds is 4. The number of amides is 2. The fraction of sp³-hybridized carbons (Fsp3) is 0.647. The van der Waals surface area contributed by atoms with Crippen molar-refractivity contribution in [1.82, 2.24) is 19.4 Å². The number of aliphatic hydroxyl groups is 1. The van der Waals surface area contributed by atoms with E-state index in [1.807, 2.05) is 0 Å². The van der Waals surface area contributed by atoms with Gasteiger partial charge in [0.15, 0.2) is 0 Å². The van der Waals surface area contributed by atoms with Crippen molar-refractivity contribution in [2.75, 3.05) is 32.8 Å². The van der Waals surface area contributed by atoms with E-state index in [4.69, 9.17) is 5.11 Å². The Hall–Kier alpha value is -2.42. The SMILES string of the molecule is Cc1cn(CC(=O)N2CC[C@@]3(CCCN(CCO)C3=O)C2)c(=O)[nH]c1=O. The van der Waals surface area contributed by atoms with Crippen molar-refractivity contribution in [3.05, 3.63) is 32.6 Å². The lowest BCUT2D eigenvalue weighted by Gasteiger charge is -2.39. The van der Waals surface area contributed by atoms with Crippen molar-refractivity contribution in [2.45, 2.75) is 32.7 Å². The minimum absolute atomic E-state index is 0.00477. The van der Waals surface area contributed by atoms with Crippen molar-refractivity contribution in [3.8, 4) is 0 Å². The highest BCUT2D eigenvalue weighted by Gasteiger charge is 2.49. The van der Waals surface area contributed by atoms with Crippen LogP contribution in [-0.2, 0) is 16.1 Å². The minimum atomic E-state index is -0.620. The van der Waals surface area contributed by atoms with Crippen molar-refractivity contribution in [1.29, 1.82) is 0 Å². The van der Waals surface area contributed by atoms with Gasteiger partial charge in [-0.15, -0.1) is 0 Å². The zero-order valence-corrected chi connectivity index (χ0v) is 14.9. The summed E-state index contributed by atoms with van der Waals surface area (Å²) in [5.74, 6) is -0.243. The molecule has 26 heavy (non-hydrogen) atoms. The Balaban J connectivity index is 1.71. The van der Waals surface area contributed by atoms with Gasteiger partial charge in [0.25, 0.3) is 5.56 Å². The molecule has 0 aromatic carbocycles. The molecule has 2 amide bonds. The van der Waals surface area contributed by atoms with Gasteiger partial charge >= 0.3 is 5.69 Å². The van der Waals surface area contributed by atoms with E-state index in [0.717, 1.165) is 12.8 Å². The molecule has 3 rings (SSSR count). The van der Waals surface area contributed by atoms with Gasteiger partial charge in [-0.05, 0) is 26.2 Å². The van der Waals surface area contributed by atoms with E-state index in [1.54, 1.807) is 16.7 Å². The van der Waals surface area contributed by atoms with Crippen LogP contribution in [-0.4, -0.2) is 69.1 Å². The number of H-pyrrole nitrogens is 1. The third kappa shape index (κ3) is 3.31. The van der Waals surface area contributed by atoms with Gasteiger partial charge in [-0.3, -0.25) is 23.9 Å². The zero-order chi connectivity index (χ0) is 18.9. The van der Waals surface area contributed by atoms with Crippen LogP contribution in [0.4, 0.5) is 0 Å². The number of aromatic amines is 1. The summed E-state index contributed by atoms with van der Waals surface area (Å²) in [5, 5.41) is 9.12. The van der Waals surface area contributed by atoms with Crippen LogP contribution in [0.25, 0.3) is 0 Å². The van der Waals surface area contributed by atoms with Gasteiger partial charge in [-0.2, -0.15) is 0 Å². The van der Waals surface area contributed by atoms with E-state index in [1.165, 1.54) is 10.8 Å². The maximum absolute atomic E-state index is 12.8.